The summed E-state index contributed by atoms with van der Waals surface area (Å²) in [6.45, 7) is 3.25. The number of piperidine rings is 1. The van der Waals surface area contributed by atoms with Crippen molar-refractivity contribution < 1.29 is 9.50 Å². The predicted molar refractivity (Wildman–Crippen MR) is 134 cm³/mol. The number of rotatable bonds is 5. The smallest absolute Gasteiger partial charge is 0.258 e. The van der Waals surface area contributed by atoms with Crippen molar-refractivity contribution in [1.29, 1.82) is 0 Å². The van der Waals surface area contributed by atoms with E-state index in [1.807, 2.05) is 24.3 Å². The Bertz CT molecular complexity index is 1390. The van der Waals surface area contributed by atoms with E-state index in [9.17, 15) is 14.3 Å². The van der Waals surface area contributed by atoms with E-state index in [2.05, 4.69) is 27.0 Å². The minimum absolute atomic E-state index is 0.237. The number of aromatic nitrogens is 1. The molecular weight excluding hydrogens is 429 g/mol. The Balaban J connectivity index is 1.44. The zero-order chi connectivity index (χ0) is 23.5. The Morgan fingerprint density at radius 2 is 1.62 bits per heavy atom. The molecule has 172 valence electrons. The molecule has 2 N–H and O–H groups in total. The normalized spacial score (nSPS) is 14.7. The maximum absolute atomic E-state index is 13.3. The third kappa shape index (κ3) is 4.77. The molecular formula is C28H26FN3O2. The van der Waals surface area contributed by atoms with Gasteiger partial charge in [0.15, 0.2) is 0 Å². The van der Waals surface area contributed by atoms with Gasteiger partial charge in [-0.05, 0) is 79.0 Å². The molecule has 0 atom stereocenters. The molecule has 6 heteroatoms. The number of fused-ring (bicyclic) bond motifs is 1. The first-order valence-corrected chi connectivity index (χ1v) is 11.6. The second kappa shape index (κ2) is 9.61. The van der Waals surface area contributed by atoms with Crippen LogP contribution in [0.2, 0.25) is 0 Å². The molecule has 34 heavy (non-hydrogen) atoms. The van der Waals surface area contributed by atoms with Gasteiger partial charge in [-0.1, -0.05) is 36.8 Å². The predicted octanol–water partition coefficient (Wildman–Crippen LogP) is 5.78. The fraction of sp³-hybridized carbons (Fsp3) is 0.214. The van der Waals surface area contributed by atoms with E-state index in [4.69, 9.17) is 0 Å². The molecule has 0 spiro atoms. The molecule has 4 aromatic rings. The van der Waals surface area contributed by atoms with Crippen molar-refractivity contribution in [2.75, 3.05) is 13.1 Å². The molecule has 0 radical (unpaired) electrons. The Hall–Kier alpha value is -3.77. The van der Waals surface area contributed by atoms with Crippen LogP contribution in [0.3, 0.4) is 0 Å². The van der Waals surface area contributed by atoms with Crippen molar-refractivity contribution in [2.45, 2.75) is 25.8 Å². The lowest BCUT2D eigenvalue weighted by molar-refractivity contribution is 0.221. The fourth-order valence-electron chi connectivity index (χ4n) is 4.49. The van der Waals surface area contributed by atoms with Gasteiger partial charge in [-0.15, -0.1) is 0 Å². The van der Waals surface area contributed by atoms with Gasteiger partial charge in [-0.3, -0.25) is 19.7 Å². The summed E-state index contributed by atoms with van der Waals surface area (Å²) in [5, 5.41) is 11.5. The van der Waals surface area contributed by atoms with Gasteiger partial charge in [0.1, 0.15) is 5.82 Å². The van der Waals surface area contributed by atoms with Crippen molar-refractivity contribution in [3.63, 3.8) is 0 Å². The highest BCUT2D eigenvalue weighted by molar-refractivity contribution is 6.03. The third-order valence-corrected chi connectivity index (χ3v) is 6.35. The average molecular weight is 456 g/mol. The van der Waals surface area contributed by atoms with Gasteiger partial charge in [0.25, 0.3) is 5.56 Å². The first-order chi connectivity index (χ1) is 16.6. The molecule has 1 saturated heterocycles. The lowest BCUT2D eigenvalue weighted by atomic mass is 9.99. The van der Waals surface area contributed by atoms with E-state index in [-0.39, 0.29) is 17.3 Å². The number of pyridine rings is 1. The van der Waals surface area contributed by atoms with Crippen LogP contribution in [0.4, 0.5) is 10.1 Å². The highest BCUT2D eigenvalue weighted by Gasteiger charge is 2.12. The van der Waals surface area contributed by atoms with Crippen LogP contribution < -0.4 is 5.56 Å². The van der Waals surface area contributed by atoms with Crippen molar-refractivity contribution in [3.05, 3.63) is 94.0 Å². The molecule has 0 amide bonds. The number of nitrogens with one attached hydrogen (secondary N) is 1. The average Bonchev–Trinajstić information content (AvgIpc) is 2.86. The summed E-state index contributed by atoms with van der Waals surface area (Å²) < 4.78 is 13.3. The number of H-pyrrole nitrogens is 1. The highest BCUT2D eigenvalue weighted by atomic mass is 19.1. The molecule has 1 aliphatic heterocycles. The molecule has 0 aliphatic carbocycles. The zero-order valence-electron chi connectivity index (χ0n) is 18.8. The van der Waals surface area contributed by atoms with Crippen molar-refractivity contribution >= 4 is 22.7 Å². The Kier molecular flexibility index (Phi) is 6.23. The molecule has 5 nitrogen and oxygen atoms in total. The topological polar surface area (TPSA) is 68.7 Å². The first kappa shape index (κ1) is 22.0. The summed E-state index contributed by atoms with van der Waals surface area (Å²) >= 11 is 0. The number of nitrogens with zero attached hydrogens (tertiary/aromatic N) is 2. The molecule has 0 bridgehead atoms. The maximum Gasteiger partial charge on any atom is 0.258 e. The van der Waals surface area contributed by atoms with Crippen LogP contribution in [-0.4, -0.2) is 34.3 Å². The molecule has 3 aromatic carbocycles. The first-order valence-electron chi connectivity index (χ1n) is 11.6. The number of hydrogen-bond acceptors (Lipinski definition) is 4. The molecule has 0 unspecified atom stereocenters. The SMILES string of the molecule is O=c1[nH]c(O)c(C=Nc2ccc(CN3CCCCC3)cc2)c2cc(-c3ccc(F)cc3)ccc12. The quantitative estimate of drug-likeness (QED) is 0.375. The molecule has 1 fully saturated rings. The Labute approximate surface area is 197 Å². The number of aliphatic imine (C=N–C) groups is 1. The standard InChI is InChI=1S/C28H26FN3O2/c29-22-9-6-20(7-10-22)21-8-13-24-25(16-21)26(28(34)31-27(24)33)17-30-23-11-4-19(5-12-23)18-32-14-2-1-3-15-32/h4-13,16-17H,1-3,14-15,18H2,(H2,31,33,34). The molecule has 1 aromatic heterocycles. The summed E-state index contributed by atoms with van der Waals surface area (Å²) in [6.07, 6.45) is 5.42. The molecule has 5 rings (SSSR count). The number of hydrogen-bond donors (Lipinski definition) is 2. The van der Waals surface area contributed by atoms with Crippen molar-refractivity contribution in [3.8, 4) is 17.0 Å². The number of benzene rings is 3. The third-order valence-electron chi connectivity index (χ3n) is 6.35. The summed E-state index contributed by atoms with van der Waals surface area (Å²) in [4.78, 5) is 21.9. The van der Waals surface area contributed by atoms with E-state index in [0.717, 1.165) is 36.4 Å². The number of likely N-dealkylation sites (tertiary alicyclic amines) is 1. The second-order valence-electron chi connectivity index (χ2n) is 8.75. The van der Waals surface area contributed by atoms with Crippen LogP contribution in [0.5, 0.6) is 5.88 Å². The Morgan fingerprint density at radius 1 is 0.912 bits per heavy atom. The van der Waals surface area contributed by atoms with Gasteiger partial charge in [0.2, 0.25) is 5.88 Å². The van der Waals surface area contributed by atoms with Crippen LogP contribution in [0.15, 0.2) is 76.5 Å². The summed E-state index contributed by atoms with van der Waals surface area (Å²) in [6, 6.07) is 19.6. The molecule has 1 aliphatic rings. The molecule has 0 saturated carbocycles. The van der Waals surface area contributed by atoms with Gasteiger partial charge >= 0.3 is 0 Å². The fourth-order valence-corrected chi connectivity index (χ4v) is 4.49. The van der Waals surface area contributed by atoms with Crippen LogP contribution in [-0.2, 0) is 6.54 Å². The van der Waals surface area contributed by atoms with Gasteiger partial charge < -0.3 is 5.11 Å². The summed E-state index contributed by atoms with van der Waals surface area (Å²) in [5.41, 5.74) is 3.69. The van der Waals surface area contributed by atoms with E-state index >= 15 is 0 Å². The minimum Gasteiger partial charge on any atom is -0.494 e. The maximum atomic E-state index is 13.3. The monoisotopic (exact) mass is 455 g/mol. The summed E-state index contributed by atoms with van der Waals surface area (Å²) in [5.74, 6) is -0.548. The van der Waals surface area contributed by atoms with Crippen molar-refractivity contribution in [2.24, 2.45) is 4.99 Å². The van der Waals surface area contributed by atoms with E-state index < -0.39 is 0 Å². The van der Waals surface area contributed by atoms with Crippen molar-refractivity contribution in [1.82, 2.24) is 9.88 Å². The number of aromatic hydroxyl groups is 1. The number of halogens is 1. The van der Waals surface area contributed by atoms with Gasteiger partial charge in [-0.2, -0.15) is 0 Å². The molecule has 2 heterocycles. The lowest BCUT2D eigenvalue weighted by Gasteiger charge is -2.26. The second-order valence-corrected chi connectivity index (χ2v) is 8.75. The van der Waals surface area contributed by atoms with Gasteiger partial charge in [-0.25, -0.2) is 4.39 Å². The van der Waals surface area contributed by atoms with Crippen LogP contribution >= 0.6 is 0 Å². The van der Waals surface area contributed by atoms with Crippen LogP contribution in [0.1, 0.15) is 30.4 Å². The van der Waals surface area contributed by atoms with Crippen LogP contribution in [0.25, 0.3) is 21.9 Å². The minimum atomic E-state index is -0.377. The van der Waals surface area contributed by atoms with Gasteiger partial charge in [0.05, 0.1) is 11.3 Å². The highest BCUT2D eigenvalue weighted by Crippen LogP contribution is 2.28. The lowest BCUT2D eigenvalue weighted by Crippen LogP contribution is -2.28. The zero-order valence-corrected chi connectivity index (χ0v) is 18.8. The van der Waals surface area contributed by atoms with Crippen LogP contribution in [0, 0.1) is 5.82 Å². The Morgan fingerprint density at radius 3 is 2.35 bits per heavy atom. The largest absolute Gasteiger partial charge is 0.494 e. The summed E-state index contributed by atoms with van der Waals surface area (Å²) in [7, 11) is 0. The van der Waals surface area contributed by atoms with E-state index in [1.165, 1.54) is 37.0 Å². The number of aromatic amines is 1. The van der Waals surface area contributed by atoms with E-state index in [1.54, 1.807) is 24.4 Å². The van der Waals surface area contributed by atoms with E-state index in [0.29, 0.717) is 16.3 Å². The van der Waals surface area contributed by atoms with Gasteiger partial charge in [0, 0.05) is 23.5 Å².